The number of rotatable bonds is 2. The van der Waals surface area contributed by atoms with Gasteiger partial charge in [0.2, 0.25) is 0 Å². The molecule has 0 aromatic rings. The highest BCUT2D eigenvalue weighted by molar-refractivity contribution is 4.89. The van der Waals surface area contributed by atoms with Crippen molar-refractivity contribution >= 4 is 0 Å². The maximum absolute atomic E-state index is 5.15. The van der Waals surface area contributed by atoms with Crippen LogP contribution in [0.2, 0.25) is 0 Å². The molecule has 0 radical (unpaired) electrons. The van der Waals surface area contributed by atoms with Crippen molar-refractivity contribution in [2.24, 2.45) is 11.8 Å². The van der Waals surface area contributed by atoms with Crippen molar-refractivity contribution in [3.05, 3.63) is 0 Å². The monoisotopic (exact) mass is 100 g/mol. The molecule has 0 aromatic carbocycles. The summed E-state index contributed by atoms with van der Waals surface area (Å²) < 4.78 is 0. The maximum atomic E-state index is 5.15. The summed E-state index contributed by atoms with van der Waals surface area (Å²) >= 11 is 0. The van der Waals surface area contributed by atoms with Crippen molar-refractivity contribution in [1.82, 2.24) is 5.43 Å². The van der Waals surface area contributed by atoms with Crippen LogP contribution in [0, 0.1) is 5.92 Å². The predicted molar refractivity (Wildman–Crippen MR) is 29.5 cm³/mol. The SMILES string of the molecule is CCC1CC1NN. The maximum Gasteiger partial charge on any atom is 0.0242 e. The molecule has 1 saturated carbocycles. The highest BCUT2D eigenvalue weighted by atomic mass is 15.3. The molecule has 0 aromatic heterocycles. The Morgan fingerprint density at radius 3 is 2.71 bits per heavy atom. The lowest BCUT2D eigenvalue weighted by atomic mass is 10.3. The quantitative estimate of drug-likeness (QED) is 0.385. The number of nitrogens with one attached hydrogen (secondary N) is 1. The van der Waals surface area contributed by atoms with Crippen molar-refractivity contribution in [1.29, 1.82) is 0 Å². The van der Waals surface area contributed by atoms with Gasteiger partial charge in [-0.15, -0.1) is 0 Å². The Hall–Kier alpha value is -0.0800. The van der Waals surface area contributed by atoms with Crippen molar-refractivity contribution in [2.75, 3.05) is 0 Å². The zero-order valence-corrected chi connectivity index (χ0v) is 4.65. The Bertz CT molecular complexity index is 55.1. The Balaban J connectivity index is 2.06. The zero-order chi connectivity index (χ0) is 5.28. The molecule has 1 aliphatic rings. The molecule has 42 valence electrons. The summed E-state index contributed by atoms with van der Waals surface area (Å²) in [5.74, 6) is 6.03. The van der Waals surface area contributed by atoms with Gasteiger partial charge >= 0.3 is 0 Å². The van der Waals surface area contributed by atoms with Gasteiger partial charge in [0.25, 0.3) is 0 Å². The largest absolute Gasteiger partial charge is 0.271 e. The molecule has 1 fully saturated rings. The molecular formula is C5H12N2. The van der Waals surface area contributed by atoms with Crippen LogP contribution < -0.4 is 11.3 Å². The Morgan fingerprint density at radius 2 is 2.57 bits per heavy atom. The summed E-state index contributed by atoms with van der Waals surface area (Å²) in [5, 5.41) is 0. The highest BCUT2D eigenvalue weighted by Gasteiger charge is 2.33. The van der Waals surface area contributed by atoms with Gasteiger partial charge in [0.15, 0.2) is 0 Å². The van der Waals surface area contributed by atoms with Gasteiger partial charge in [-0.1, -0.05) is 13.3 Å². The topological polar surface area (TPSA) is 38.0 Å². The first kappa shape index (κ1) is 5.06. The first-order valence-electron chi connectivity index (χ1n) is 2.84. The summed E-state index contributed by atoms with van der Waals surface area (Å²) in [7, 11) is 0. The smallest absolute Gasteiger partial charge is 0.0242 e. The van der Waals surface area contributed by atoms with Gasteiger partial charge in [-0.2, -0.15) is 0 Å². The van der Waals surface area contributed by atoms with Gasteiger partial charge in [-0.25, -0.2) is 0 Å². The molecule has 0 bridgehead atoms. The number of nitrogens with two attached hydrogens (primary N) is 1. The fourth-order valence-electron chi connectivity index (χ4n) is 0.903. The van der Waals surface area contributed by atoms with Crippen LogP contribution in [0.4, 0.5) is 0 Å². The van der Waals surface area contributed by atoms with Gasteiger partial charge in [-0.3, -0.25) is 11.3 Å². The van der Waals surface area contributed by atoms with Crippen LogP contribution in [0.15, 0.2) is 0 Å². The predicted octanol–water partition coefficient (Wildman–Crippen LogP) is 0.248. The van der Waals surface area contributed by atoms with Crippen LogP contribution in [0.1, 0.15) is 19.8 Å². The molecule has 7 heavy (non-hydrogen) atoms. The molecule has 1 aliphatic carbocycles. The van der Waals surface area contributed by atoms with Gasteiger partial charge in [0, 0.05) is 6.04 Å². The van der Waals surface area contributed by atoms with Crippen LogP contribution in [0.3, 0.4) is 0 Å². The molecule has 0 amide bonds. The van der Waals surface area contributed by atoms with Gasteiger partial charge in [-0.05, 0) is 12.3 Å². The van der Waals surface area contributed by atoms with Crippen molar-refractivity contribution in [3.8, 4) is 0 Å². The van der Waals surface area contributed by atoms with Crippen molar-refractivity contribution in [3.63, 3.8) is 0 Å². The normalized spacial score (nSPS) is 38.6. The van der Waals surface area contributed by atoms with Crippen LogP contribution >= 0.6 is 0 Å². The summed E-state index contributed by atoms with van der Waals surface area (Å²) in [6, 6.07) is 0.644. The molecule has 0 spiro atoms. The molecule has 2 heteroatoms. The molecule has 1 rings (SSSR count). The Kier molecular flexibility index (Phi) is 1.30. The average molecular weight is 100 g/mol. The van der Waals surface area contributed by atoms with E-state index in [1.807, 2.05) is 0 Å². The summed E-state index contributed by atoms with van der Waals surface area (Å²) in [4.78, 5) is 0. The lowest BCUT2D eigenvalue weighted by Crippen LogP contribution is -2.25. The van der Waals surface area contributed by atoms with Gasteiger partial charge in [0.1, 0.15) is 0 Å². The average Bonchev–Trinajstić information content (AvgIpc) is 2.43. The van der Waals surface area contributed by atoms with E-state index in [9.17, 15) is 0 Å². The minimum atomic E-state index is 0.644. The third-order valence-corrected chi connectivity index (χ3v) is 1.66. The van der Waals surface area contributed by atoms with Crippen LogP contribution in [0.25, 0.3) is 0 Å². The Labute approximate surface area is 44.1 Å². The lowest BCUT2D eigenvalue weighted by Gasteiger charge is -1.89. The lowest BCUT2D eigenvalue weighted by molar-refractivity contribution is 0.649. The molecular weight excluding hydrogens is 88.1 g/mol. The number of hydrazine groups is 1. The highest BCUT2D eigenvalue weighted by Crippen LogP contribution is 2.31. The van der Waals surface area contributed by atoms with E-state index >= 15 is 0 Å². The third-order valence-electron chi connectivity index (χ3n) is 1.66. The molecule has 2 unspecified atom stereocenters. The van der Waals surface area contributed by atoms with Gasteiger partial charge < -0.3 is 0 Å². The number of hydrogen-bond acceptors (Lipinski definition) is 2. The van der Waals surface area contributed by atoms with Crippen molar-refractivity contribution in [2.45, 2.75) is 25.8 Å². The third kappa shape index (κ3) is 0.924. The summed E-state index contributed by atoms with van der Waals surface area (Å²) in [5.41, 5.74) is 2.74. The molecule has 2 nitrogen and oxygen atoms in total. The summed E-state index contributed by atoms with van der Waals surface area (Å²) in [6.45, 7) is 2.20. The van der Waals surface area contributed by atoms with Crippen molar-refractivity contribution < 1.29 is 0 Å². The van der Waals surface area contributed by atoms with E-state index in [0.717, 1.165) is 5.92 Å². The van der Waals surface area contributed by atoms with E-state index in [1.165, 1.54) is 12.8 Å². The summed E-state index contributed by atoms with van der Waals surface area (Å²) in [6.07, 6.45) is 2.56. The molecule has 3 N–H and O–H groups in total. The number of hydrogen-bond donors (Lipinski definition) is 2. The van der Waals surface area contributed by atoms with E-state index in [0.29, 0.717) is 6.04 Å². The second kappa shape index (κ2) is 1.80. The fraction of sp³-hybridized carbons (Fsp3) is 1.00. The van der Waals surface area contributed by atoms with E-state index in [1.54, 1.807) is 0 Å². The van der Waals surface area contributed by atoms with Crippen LogP contribution in [-0.4, -0.2) is 6.04 Å². The van der Waals surface area contributed by atoms with E-state index in [2.05, 4.69) is 12.3 Å². The van der Waals surface area contributed by atoms with E-state index < -0.39 is 0 Å². The zero-order valence-electron chi connectivity index (χ0n) is 4.65. The van der Waals surface area contributed by atoms with E-state index in [-0.39, 0.29) is 0 Å². The second-order valence-corrected chi connectivity index (χ2v) is 2.18. The minimum Gasteiger partial charge on any atom is -0.271 e. The Morgan fingerprint density at radius 1 is 1.86 bits per heavy atom. The fourth-order valence-corrected chi connectivity index (χ4v) is 0.903. The van der Waals surface area contributed by atoms with E-state index in [4.69, 9.17) is 5.84 Å². The minimum absolute atomic E-state index is 0.644. The van der Waals surface area contributed by atoms with Crippen LogP contribution in [-0.2, 0) is 0 Å². The molecule has 2 atom stereocenters. The van der Waals surface area contributed by atoms with Gasteiger partial charge in [0.05, 0.1) is 0 Å². The first-order chi connectivity index (χ1) is 3.38. The van der Waals surface area contributed by atoms with Crippen LogP contribution in [0.5, 0.6) is 0 Å². The molecule has 0 saturated heterocycles. The second-order valence-electron chi connectivity index (χ2n) is 2.18. The molecule has 0 aliphatic heterocycles. The first-order valence-corrected chi connectivity index (χ1v) is 2.84. The standard InChI is InChI=1S/C5H12N2/c1-2-4-3-5(4)7-6/h4-5,7H,2-3,6H2,1H3. The molecule has 0 heterocycles.